The van der Waals surface area contributed by atoms with Gasteiger partial charge in [-0.2, -0.15) is 0 Å². The van der Waals surface area contributed by atoms with Crippen molar-refractivity contribution in [2.75, 3.05) is 19.7 Å². The maximum Gasteiger partial charge on any atom is 0.251 e. The topological polar surface area (TPSA) is 78.4 Å². The van der Waals surface area contributed by atoms with Crippen molar-refractivity contribution in [2.24, 2.45) is 5.41 Å². The molecular weight excluding hydrogens is 336 g/mol. The molecule has 2 rings (SSSR count). The molecule has 1 saturated carbocycles. The second-order valence-electron chi connectivity index (χ2n) is 5.44. The van der Waals surface area contributed by atoms with Gasteiger partial charge in [-0.1, -0.05) is 22.0 Å². The molecule has 0 unspecified atom stereocenters. The SMILES string of the molecule is O=C(CNC(=O)c1cccc(Br)c1)NCC1(CCO)CC1. The normalized spacial score (nSPS) is 15.3. The van der Waals surface area contributed by atoms with Gasteiger partial charge in [0.15, 0.2) is 0 Å². The van der Waals surface area contributed by atoms with E-state index in [4.69, 9.17) is 5.11 Å². The highest BCUT2D eigenvalue weighted by molar-refractivity contribution is 9.10. The van der Waals surface area contributed by atoms with Crippen LogP contribution in [0.5, 0.6) is 0 Å². The molecule has 21 heavy (non-hydrogen) atoms. The largest absolute Gasteiger partial charge is 0.396 e. The van der Waals surface area contributed by atoms with Crippen LogP contribution in [0.1, 0.15) is 29.6 Å². The lowest BCUT2D eigenvalue weighted by Gasteiger charge is -2.14. The van der Waals surface area contributed by atoms with Crippen molar-refractivity contribution in [3.8, 4) is 0 Å². The Morgan fingerprint density at radius 1 is 1.29 bits per heavy atom. The highest BCUT2D eigenvalue weighted by atomic mass is 79.9. The van der Waals surface area contributed by atoms with Gasteiger partial charge < -0.3 is 15.7 Å². The third-order valence-corrected chi connectivity index (χ3v) is 4.25. The molecule has 1 aromatic rings. The van der Waals surface area contributed by atoms with Crippen molar-refractivity contribution in [3.63, 3.8) is 0 Å². The van der Waals surface area contributed by atoms with Crippen LogP contribution in [0.4, 0.5) is 0 Å². The van der Waals surface area contributed by atoms with Crippen molar-refractivity contribution in [1.82, 2.24) is 10.6 Å². The molecule has 3 N–H and O–H groups in total. The molecule has 0 spiro atoms. The van der Waals surface area contributed by atoms with Crippen LogP contribution in [0, 0.1) is 5.41 Å². The number of rotatable bonds is 7. The zero-order valence-electron chi connectivity index (χ0n) is 11.7. The Balaban J connectivity index is 1.73. The van der Waals surface area contributed by atoms with Crippen LogP contribution >= 0.6 is 15.9 Å². The fourth-order valence-corrected chi connectivity index (χ4v) is 2.57. The zero-order valence-corrected chi connectivity index (χ0v) is 13.3. The van der Waals surface area contributed by atoms with E-state index in [-0.39, 0.29) is 30.4 Å². The van der Waals surface area contributed by atoms with Crippen molar-refractivity contribution < 1.29 is 14.7 Å². The summed E-state index contributed by atoms with van der Waals surface area (Å²) in [7, 11) is 0. The summed E-state index contributed by atoms with van der Waals surface area (Å²) in [5.41, 5.74) is 0.592. The van der Waals surface area contributed by atoms with Crippen LogP contribution in [0.3, 0.4) is 0 Å². The summed E-state index contributed by atoms with van der Waals surface area (Å²) in [4.78, 5) is 23.6. The molecule has 1 aliphatic carbocycles. The number of halogens is 1. The summed E-state index contributed by atoms with van der Waals surface area (Å²) in [6.07, 6.45) is 2.80. The van der Waals surface area contributed by atoms with Crippen LogP contribution in [-0.2, 0) is 4.79 Å². The second kappa shape index (κ2) is 7.04. The second-order valence-corrected chi connectivity index (χ2v) is 6.36. The van der Waals surface area contributed by atoms with E-state index in [1.165, 1.54) is 0 Å². The van der Waals surface area contributed by atoms with E-state index in [0.717, 1.165) is 23.7 Å². The lowest BCUT2D eigenvalue weighted by Crippen LogP contribution is -2.39. The summed E-state index contributed by atoms with van der Waals surface area (Å²) in [6.45, 7) is 0.676. The number of aliphatic hydroxyl groups is 1. The Bertz CT molecular complexity index is 529. The minimum Gasteiger partial charge on any atom is -0.396 e. The minimum atomic E-state index is -0.275. The number of hydrogen-bond donors (Lipinski definition) is 3. The van der Waals surface area contributed by atoms with Crippen molar-refractivity contribution >= 4 is 27.7 Å². The number of nitrogens with one attached hydrogen (secondary N) is 2. The molecule has 1 fully saturated rings. The van der Waals surface area contributed by atoms with Gasteiger partial charge in [0.1, 0.15) is 0 Å². The molecule has 1 aromatic carbocycles. The van der Waals surface area contributed by atoms with Crippen molar-refractivity contribution in [3.05, 3.63) is 34.3 Å². The molecule has 0 saturated heterocycles. The van der Waals surface area contributed by atoms with Gasteiger partial charge in [0.05, 0.1) is 6.54 Å². The van der Waals surface area contributed by atoms with E-state index in [1.807, 2.05) is 6.07 Å². The first-order valence-electron chi connectivity index (χ1n) is 6.96. The first-order chi connectivity index (χ1) is 10.0. The Hall–Kier alpha value is -1.40. The average Bonchev–Trinajstić information content (AvgIpc) is 3.23. The van der Waals surface area contributed by atoms with E-state index < -0.39 is 0 Å². The van der Waals surface area contributed by atoms with Gasteiger partial charge in [0.25, 0.3) is 5.91 Å². The number of amides is 2. The fourth-order valence-electron chi connectivity index (χ4n) is 2.17. The number of hydrogen-bond acceptors (Lipinski definition) is 3. The maximum absolute atomic E-state index is 11.9. The Labute approximate surface area is 132 Å². The van der Waals surface area contributed by atoms with Gasteiger partial charge in [-0.05, 0) is 42.9 Å². The molecule has 1 aliphatic rings. The molecule has 0 aliphatic heterocycles. The molecule has 5 nitrogen and oxygen atoms in total. The predicted molar refractivity (Wildman–Crippen MR) is 82.9 cm³/mol. The molecule has 6 heteroatoms. The molecule has 0 radical (unpaired) electrons. The van der Waals surface area contributed by atoms with Crippen molar-refractivity contribution in [2.45, 2.75) is 19.3 Å². The Morgan fingerprint density at radius 2 is 2.05 bits per heavy atom. The standard InChI is InChI=1S/C15H19BrN2O3/c16-12-3-1-2-11(8-12)14(21)17-9-13(20)18-10-15(4-5-15)6-7-19/h1-3,8,19H,4-7,9-10H2,(H,17,21)(H,18,20). The van der Waals surface area contributed by atoms with Gasteiger partial charge >= 0.3 is 0 Å². The number of benzene rings is 1. The number of aliphatic hydroxyl groups excluding tert-OH is 1. The predicted octanol–water partition coefficient (Wildman–Crippen LogP) is 1.46. The van der Waals surface area contributed by atoms with Crippen LogP contribution in [0.2, 0.25) is 0 Å². The van der Waals surface area contributed by atoms with Crippen LogP contribution in [0.15, 0.2) is 28.7 Å². The molecular formula is C15H19BrN2O3. The van der Waals surface area contributed by atoms with E-state index in [1.54, 1.807) is 18.2 Å². The monoisotopic (exact) mass is 354 g/mol. The molecule has 114 valence electrons. The quantitative estimate of drug-likeness (QED) is 0.693. The maximum atomic E-state index is 11.9. The zero-order chi connectivity index (χ0) is 15.3. The number of carbonyl (C=O) groups is 2. The van der Waals surface area contributed by atoms with Crippen LogP contribution in [0.25, 0.3) is 0 Å². The molecule has 0 heterocycles. The first-order valence-corrected chi connectivity index (χ1v) is 7.75. The Morgan fingerprint density at radius 3 is 2.67 bits per heavy atom. The fraction of sp³-hybridized carbons (Fsp3) is 0.467. The summed E-state index contributed by atoms with van der Waals surface area (Å²) >= 11 is 3.30. The van der Waals surface area contributed by atoms with E-state index in [0.29, 0.717) is 12.1 Å². The molecule has 0 bridgehead atoms. The summed E-state index contributed by atoms with van der Waals surface area (Å²) < 4.78 is 0.819. The minimum absolute atomic E-state index is 0.0411. The van der Waals surface area contributed by atoms with E-state index >= 15 is 0 Å². The van der Waals surface area contributed by atoms with Crippen LogP contribution < -0.4 is 10.6 Å². The van der Waals surface area contributed by atoms with Crippen LogP contribution in [-0.4, -0.2) is 36.6 Å². The van der Waals surface area contributed by atoms with Gasteiger partial charge in [-0.15, -0.1) is 0 Å². The van der Waals surface area contributed by atoms with E-state index in [9.17, 15) is 9.59 Å². The van der Waals surface area contributed by atoms with Gasteiger partial charge in [0, 0.05) is 23.2 Å². The van der Waals surface area contributed by atoms with E-state index in [2.05, 4.69) is 26.6 Å². The van der Waals surface area contributed by atoms with Gasteiger partial charge in [0.2, 0.25) is 5.91 Å². The molecule has 0 atom stereocenters. The lowest BCUT2D eigenvalue weighted by molar-refractivity contribution is -0.120. The third kappa shape index (κ3) is 4.82. The highest BCUT2D eigenvalue weighted by Crippen LogP contribution is 2.47. The Kier molecular flexibility index (Phi) is 5.36. The average molecular weight is 355 g/mol. The first kappa shape index (κ1) is 16.0. The van der Waals surface area contributed by atoms with Gasteiger partial charge in [-0.25, -0.2) is 0 Å². The number of carbonyl (C=O) groups excluding carboxylic acids is 2. The third-order valence-electron chi connectivity index (χ3n) is 3.76. The summed E-state index contributed by atoms with van der Waals surface area (Å²) in [5.74, 6) is -0.481. The lowest BCUT2D eigenvalue weighted by atomic mass is 10.0. The highest BCUT2D eigenvalue weighted by Gasteiger charge is 2.41. The van der Waals surface area contributed by atoms with Crippen molar-refractivity contribution in [1.29, 1.82) is 0 Å². The summed E-state index contributed by atoms with van der Waals surface area (Å²) in [6, 6.07) is 7.00. The molecule has 2 amide bonds. The smallest absolute Gasteiger partial charge is 0.251 e. The van der Waals surface area contributed by atoms with Gasteiger partial charge in [-0.3, -0.25) is 9.59 Å². The molecule has 0 aromatic heterocycles. The summed E-state index contributed by atoms with van der Waals surface area (Å²) in [5, 5.41) is 14.4.